The molecule has 1 rings (SSSR count). The lowest BCUT2D eigenvalue weighted by Gasteiger charge is -2.01. The number of hydrogen-bond acceptors (Lipinski definition) is 1. The smallest absolute Gasteiger partial charge is 0.118 e. The van der Waals surface area contributed by atoms with Crippen LogP contribution in [0.25, 0.3) is 0 Å². The highest BCUT2D eigenvalue weighted by atomic mass is 19.1. The second-order valence-corrected chi connectivity index (χ2v) is 1.94. The van der Waals surface area contributed by atoms with Crippen LogP contribution < -0.4 is 0 Å². The van der Waals surface area contributed by atoms with Crippen molar-refractivity contribution in [2.75, 3.05) is 0 Å². The van der Waals surface area contributed by atoms with Crippen molar-refractivity contribution < 1.29 is 4.39 Å². The van der Waals surface area contributed by atoms with Crippen LogP contribution in [-0.4, -0.2) is 5.71 Å². The minimum absolute atomic E-state index is 0.101. The minimum Gasteiger partial charge on any atom is -0.263 e. The van der Waals surface area contributed by atoms with E-state index in [2.05, 4.69) is 4.99 Å². The molecule has 0 unspecified atom stereocenters. The van der Waals surface area contributed by atoms with Crippen LogP contribution in [0.15, 0.2) is 17.0 Å². The second-order valence-electron chi connectivity index (χ2n) is 1.94. The molecule has 0 saturated heterocycles. The van der Waals surface area contributed by atoms with E-state index in [9.17, 15) is 4.39 Å². The van der Waals surface area contributed by atoms with Crippen molar-refractivity contribution in [1.82, 2.24) is 0 Å². The maximum absolute atomic E-state index is 12.1. The Hall–Kier alpha value is -0.660. The summed E-state index contributed by atoms with van der Waals surface area (Å²) in [6.45, 7) is 1.91. The van der Waals surface area contributed by atoms with Crippen LogP contribution in [0.3, 0.4) is 0 Å². The van der Waals surface area contributed by atoms with E-state index in [4.69, 9.17) is 0 Å². The summed E-state index contributed by atoms with van der Waals surface area (Å²) in [5.74, 6) is -0.101. The van der Waals surface area contributed by atoms with E-state index in [1.54, 1.807) is 0 Å². The van der Waals surface area contributed by atoms with E-state index >= 15 is 0 Å². The second kappa shape index (κ2) is 2.07. The van der Waals surface area contributed by atoms with Gasteiger partial charge in [-0.05, 0) is 13.3 Å². The molecule has 0 N–H and O–H groups in total. The average Bonchev–Trinajstić information content (AvgIpc) is 1.77. The van der Waals surface area contributed by atoms with Gasteiger partial charge < -0.3 is 0 Å². The number of allylic oxidation sites excluding steroid dienone is 1. The molecule has 0 aromatic heterocycles. The van der Waals surface area contributed by atoms with Gasteiger partial charge in [0.2, 0.25) is 0 Å². The van der Waals surface area contributed by atoms with E-state index < -0.39 is 0 Å². The van der Waals surface area contributed by atoms with Crippen molar-refractivity contribution in [2.45, 2.75) is 19.8 Å². The molecular weight excluding hydrogens is 105 g/mol. The third-order valence-electron chi connectivity index (χ3n) is 1.15. The largest absolute Gasteiger partial charge is 0.263 e. The molecule has 0 fully saturated rings. The van der Waals surface area contributed by atoms with Crippen molar-refractivity contribution in [2.24, 2.45) is 4.99 Å². The number of hydrogen-bond donors (Lipinski definition) is 0. The molecule has 8 heavy (non-hydrogen) atoms. The van der Waals surface area contributed by atoms with Crippen LogP contribution in [0.5, 0.6) is 0 Å². The van der Waals surface area contributed by atoms with E-state index in [0.29, 0.717) is 6.42 Å². The standard InChI is InChI=1S/C6H8FN/c1-5-2-3-6(7)4-8-5/h4H,2-3H2,1H3. The Kier molecular flexibility index (Phi) is 1.42. The van der Waals surface area contributed by atoms with Crippen molar-refractivity contribution in [3.63, 3.8) is 0 Å². The quantitative estimate of drug-likeness (QED) is 0.456. The van der Waals surface area contributed by atoms with Gasteiger partial charge in [0.05, 0.1) is 6.20 Å². The SMILES string of the molecule is CC1=NC=C(F)CC1. The number of halogens is 1. The zero-order valence-corrected chi connectivity index (χ0v) is 4.82. The fourth-order valence-electron chi connectivity index (χ4n) is 0.610. The first-order valence-electron chi connectivity index (χ1n) is 2.67. The highest BCUT2D eigenvalue weighted by Crippen LogP contribution is 2.12. The van der Waals surface area contributed by atoms with Gasteiger partial charge in [-0.15, -0.1) is 0 Å². The monoisotopic (exact) mass is 113 g/mol. The predicted octanol–water partition coefficient (Wildman–Crippen LogP) is 2.05. The van der Waals surface area contributed by atoms with E-state index in [1.807, 2.05) is 6.92 Å². The summed E-state index contributed by atoms with van der Waals surface area (Å²) >= 11 is 0. The van der Waals surface area contributed by atoms with Crippen LogP contribution in [0.4, 0.5) is 4.39 Å². The van der Waals surface area contributed by atoms with Gasteiger partial charge in [0, 0.05) is 12.1 Å². The molecule has 0 spiro atoms. The molecule has 2 heteroatoms. The fraction of sp³-hybridized carbons (Fsp3) is 0.500. The molecule has 0 amide bonds. The average molecular weight is 113 g/mol. The molecule has 1 aliphatic heterocycles. The molecular formula is C6H8FN. The first-order chi connectivity index (χ1) is 3.79. The fourth-order valence-corrected chi connectivity index (χ4v) is 0.610. The molecule has 0 aromatic carbocycles. The summed E-state index contributed by atoms with van der Waals surface area (Å²) in [5.41, 5.74) is 1.02. The highest BCUT2D eigenvalue weighted by molar-refractivity contribution is 5.83. The third kappa shape index (κ3) is 1.15. The normalized spacial score (nSPS) is 19.8. The van der Waals surface area contributed by atoms with Gasteiger partial charge in [0.15, 0.2) is 0 Å². The first-order valence-corrected chi connectivity index (χ1v) is 2.67. The van der Waals surface area contributed by atoms with Gasteiger partial charge in [-0.1, -0.05) is 0 Å². The highest BCUT2D eigenvalue weighted by Gasteiger charge is 2.00. The zero-order chi connectivity index (χ0) is 5.98. The summed E-state index contributed by atoms with van der Waals surface area (Å²) < 4.78 is 12.1. The molecule has 0 aliphatic carbocycles. The lowest BCUT2D eigenvalue weighted by Crippen LogP contribution is -1.94. The summed E-state index contributed by atoms with van der Waals surface area (Å²) in [5, 5.41) is 0. The Morgan fingerprint density at radius 2 is 2.38 bits per heavy atom. The van der Waals surface area contributed by atoms with E-state index in [1.165, 1.54) is 6.20 Å². The molecule has 1 heterocycles. The Bertz CT molecular complexity index is 129. The van der Waals surface area contributed by atoms with Crippen LogP contribution in [0.1, 0.15) is 19.8 Å². The topological polar surface area (TPSA) is 12.4 Å². The van der Waals surface area contributed by atoms with Crippen LogP contribution in [-0.2, 0) is 0 Å². The van der Waals surface area contributed by atoms with E-state index in [-0.39, 0.29) is 5.83 Å². The Morgan fingerprint density at radius 3 is 2.75 bits per heavy atom. The lowest BCUT2D eigenvalue weighted by atomic mass is 10.2. The lowest BCUT2D eigenvalue weighted by molar-refractivity contribution is 0.587. The molecule has 1 aliphatic rings. The molecule has 0 saturated carbocycles. The number of aliphatic imine (C=N–C) groups is 1. The summed E-state index contributed by atoms with van der Waals surface area (Å²) in [6, 6.07) is 0. The van der Waals surface area contributed by atoms with Crippen LogP contribution in [0, 0.1) is 0 Å². The van der Waals surface area contributed by atoms with E-state index in [0.717, 1.165) is 12.1 Å². The molecule has 0 aromatic rings. The summed E-state index contributed by atoms with van der Waals surface area (Å²) in [7, 11) is 0. The molecule has 0 bridgehead atoms. The van der Waals surface area contributed by atoms with Crippen molar-refractivity contribution in [1.29, 1.82) is 0 Å². The minimum atomic E-state index is -0.101. The Labute approximate surface area is 47.9 Å². The molecule has 0 atom stereocenters. The third-order valence-corrected chi connectivity index (χ3v) is 1.15. The van der Waals surface area contributed by atoms with Crippen molar-refractivity contribution in [3.05, 3.63) is 12.0 Å². The first kappa shape index (κ1) is 5.48. The van der Waals surface area contributed by atoms with Crippen molar-refractivity contribution >= 4 is 5.71 Å². The number of nitrogens with zero attached hydrogens (tertiary/aromatic N) is 1. The van der Waals surface area contributed by atoms with Gasteiger partial charge in [-0.25, -0.2) is 4.39 Å². The molecule has 0 radical (unpaired) electrons. The van der Waals surface area contributed by atoms with Crippen LogP contribution >= 0.6 is 0 Å². The van der Waals surface area contributed by atoms with Crippen LogP contribution in [0.2, 0.25) is 0 Å². The maximum Gasteiger partial charge on any atom is 0.118 e. The van der Waals surface area contributed by atoms with Gasteiger partial charge in [-0.2, -0.15) is 0 Å². The zero-order valence-electron chi connectivity index (χ0n) is 4.82. The van der Waals surface area contributed by atoms with Crippen molar-refractivity contribution in [3.8, 4) is 0 Å². The Balaban J connectivity index is 2.65. The molecule has 44 valence electrons. The maximum atomic E-state index is 12.1. The van der Waals surface area contributed by atoms with Gasteiger partial charge in [-0.3, -0.25) is 4.99 Å². The predicted molar refractivity (Wildman–Crippen MR) is 31.5 cm³/mol. The summed E-state index contributed by atoms with van der Waals surface area (Å²) in [4.78, 5) is 3.79. The number of rotatable bonds is 0. The summed E-state index contributed by atoms with van der Waals surface area (Å²) in [6.07, 6.45) is 2.61. The van der Waals surface area contributed by atoms with Gasteiger partial charge >= 0.3 is 0 Å². The van der Waals surface area contributed by atoms with Gasteiger partial charge in [0.25, 0.3) is 0 Å². The van der Waals surface area contributed by atoms with Gasteiger partial charge in [0.1, 0.15) is 5.83 Å². The molecule has 1 nitrogen and oxygen atoms in total. The Morgan fingerprint density at radius 1 is 1.62 bits per heavy atom.